The average molecular weight is 397 g/mol. The van der Waals surface area contributed by atoms with Crippen molar-refractivity contribution in [3.63, 3.8) is 0 Å². The van der Waals surface area contributed by atoms with Gasteiger partial charge in [-0.3, -0.25) is 4.79 Å². The van der Waals surface area contributed by atoms with E-state index in [-0.39, 0.29) is 24.4 Å². The van der Waals surface area contributed by atoms with Crippen LogP contribution in [0.1, 0.15) is 38.5 Å². The van der Waals surface area contributed by atoms with Gasteiger partial charge >= 0.3 is 0 Å². The lowest BCUT2D eigenvalue weighted by Gasteiger charge is -2.57. The standard InChI is InChI=1S/C20H23F4N3O/c21-14-16(15(22)18(24)25-17(14)23)26-1-3-27(4-2-26)19(28)20-8-11-5-12(9-20)7-13(6-11)10-20/h11-13H,1-10H2. The number of aromatic nitrogens is 1. The van der Waals surface area contributed by atoms with Gasteiger partial charge in [0.15, 0.2) is 0 Å². The molecule has 5 aliphatic rings. The molecule has 0 N–H and O–H groups in total. The summed E-state index contributed by atoms with van der Waals surface area (Å²) in [6, 6.07) is 0. The van der Waals surface area contributed by atoms with E-state index in [1.54, 1.807) is 4.90 Å². The van der Waals surface area contributed by atoms with E-state index in [1.807, 2.05) is 0 Å². The summed E-state index contributed by atoms with van der Waals surface area (Å²) in [6.45, 7) is 0.861. The zero-order valence-electron chi connectivity index (χ0n) is 15.6. The first-order valence-corrected chi connectivity index (χ1v) is 10.1. The van der Waals surface area contributed by atoms with Gasteiger partial charge in [-0.25, -0.2) is 0 Å². The highest BCUT2D eigenvalue weighted by atomic mass is 19.2. The Morgan fingerprint density at radius 1 is 0.821 bits per heavy atom. The number of piperazine rings is 1. The van der Waals surface area contributed by atoms with Crippen molar-refractivity contribution in [2.75, 3.05) is 31.1 Å². The molecule has 4 saturated carbocycles. The molecule has 1 amide bonds. The Morgan fingerprint density at radius 2 is 1.29 bits per heavy atom. The van der Waals surface area contributed by atoms with Gasteiger partial charge in [-0.05, 0) is 56.3 Å². The molecule has 4 nitrogen and oxygen atoms in total. The van der Waals surface area contributed by atoms with Crippen LogP contribution in [0.5, 0.6) is 0 Å². The Balaban J connectivity index is 1.31. The van der Waals surface area contributed by atoms with Gasteiger partial charge in [0.05, 0.1) is 5.41 Å². The number of hydrogen-bond donors (Lipinski definition) is 0. The number of carbonyl (C=O) groups excluding carboxylic acids is 1. The predicted molar refractivity (Wildman–Crippen MR) is 93.5 cm³/mol. The SMILES string of the molecule is O=C(N1CCN(c2c(F)c(F)nc(F)c2F)CC1)C12CC3CC(CC(C3)C1)C2. The van der Waals surface area contributed by atoms with Crippen LogP contribution in [0.15, 0.2) is 0 Å². The van der Waals surface area contributed by atoms with Crippen molar-refractivity contribution in [1.29, 1.82) is 0 Å². The molecule has 8 heteroatoms. The third-order valence-electron chi connectivity index (χ3n) is 7.35. The van der Waals surface area contributed by atoms with Crippen LogP contribution in [-0.4, -0.2) is 42.0 Å². The van der Waals surface area contributed by atoms with Crippen molar-refractivity contribution < 1.29 is 22.4 Å². The smallest absolute Gasteiger partial charge is 0.253 e. The number of carbonyl (C=O) groups is 1. The van der Waals surface area contributed by atoms with E-state index in [4.69, 9.17) is 0 Å². The normalized spacial score (nSPS) is 34.2. The lowest BCUT2D eigenvalue weighted by Crippen LogP contribution is -2.58. The molecule has 0 spiro atoms. The number of pyridine rings is 1. The maximum absolute atomic E-state index is 14.0. The number of hydrogen-bond acceptors (Lipinski definition) is 3. The fourth-order valence-electron chi connectivity index (χ4n) is 6.59. The Morgan fingerprint density at radius 3 is 1.75 bits per heavy atom. The number of anilines is 1. The first-order valence-electron chi connectivity index (χ1n) is 10.1. The highest BCUT2D eigenvalue weighted by molar-refractivity contribution is 5.83. The summed E-state index contributed by atoms with van der Waals surface area (Å²) in [5, 5.41) is 0. The third kappa shape index (κ3) is 2.70. The van der Waals surface area contributed by atoms with E-state index in [2.05, 4.69) is 4.98 Å². The minimum absolute atomic E-state index is 0.134. The molecular formula is C20H23F4N3O. The Kier molecular flexibility index (Phi) is 4.11. The molecule has 4 aliphatic carbocycles. The van der Waals surface area contributed by atoms with Gasteiger partial charge in [0.2, 0.25) is 17.5 Å². The second-order valence-electron chi connectivity index (χ2n) is 9.15. The van der Waals surface area contributed by atoms with Gasteiger partial charge < -0.3 is 9.80 Å². The summed E-state index contributed by atoms with van der Waals surface area (Å²) >= 11 is 0. The molecule has 2 heterocycles. The minimum Gasteiger partial charge on any atom is -0.363 e. The molecule has 0 aromatic carbocycles. The lowest BCUT2D eigenvalue weighted by molar-refractivity contribution is -0.158. The molecule has 1 aromatic heterocycles. The van der Waals surface area contributed by atoms with Crippen LogP contribution in [0, 0.1) is 46.7 Å². The van der Waals surface area contributed by atoms with E-state index in [9.17, 15) is 22.4 Å². The van der Waals surface area contributed by atoms with E-state index in [0.29, 0.717) is 30.8 Å². The largest absolute Gasteiger partial charge is 0.363 e. The van der Waals surface area contributed by atoms with E-state index in [1.165, 1.54) is 24.2 Å². The maximum Gasteiger partial charge on any atom is 0.253 e. The molecule has 5 fully saturated rings. The third-order valence-corrected chi connectivity index (χ3v) is 7.35. The summed E-state index contributed by atoms with van der Waals surface area (Å²) in [6.07, 6.45) is 6.63. The van der Waals surface area contributed by atoms with E-state index < -0.39 is 29.2 Å². The highest BCUT2D eigenvalue weighted by Gasteiger charge is 2.55. The van der Waals surface area contributed by atoms with Crippen molar-refractivity contribution in [3.8, 4) is 0 Å². The maximum atomic E-state index is 14.0. The molecule has 1 saturated heterocycles. The van der Waals surface area contributed by atoms with Crippen molar-refractivity contribution in [2.45, 2.75) is 38.5 Å². The molecule has 28 heavy (non-hydrogen) atoms. The van der Waals surface area contributed by atoms with Crippen molar-refractivity contribution in [3.05, 3.63) is 23.5 Å². The van der Waals surface area contributed by atoms with Crippen molar-refractivity contribution in [1.82, 2.24) is 9.88 Å². The summed E-state index contributed by atoms with van der Waals surface area (Å²) in [5.41, 5.74) is -0.991. The van der Waals surface area contributed by atoms with Gasteiger partial charge in [0.25, 0.3) is 11.9 Å². The van der Waals surface area contributed by atoms with Crippen molar-refractivity contribution >= 4 is 11.6 Å². The monoisotopic (exact) mass is 397 g/mol. The summed E-state index contributed by atoms with van der Waals surface area (Å²) < 4.78 is 54.9. The zero-order valence-corrected chi connectivity index (χ0v) is 15.6. The average Bonchev–Trinajstić information content (AvgIpc) is 2.65. The van der Waals surface area contributed by atoms with Crippen LogP contribution in [0.3, 0.4) is 0 Å². The van der Waals surface area contributed by atoms with E-state index in [0.717, 1.165) is 19.3 Å². The second-order valence-corrected chi connectivity index (χ2v) is 9.15. The molecule has 0 atom stereocenters. The van der Waals surface area contributed by atoms with Gasteiger partial charge in [0.1, 0.15) is 5.69 Å². The zero-order chi connectivity index (χ0) is 19.6. The summed E-state index contributed by atoms with van der Waals surface area (Å²) in [4.78, 5) is 19.0. The first kappa shape index (κ1) is 18.2. The molecule has 0 unspecified atom stereocenters. The molecule has 6 rings (SSSR count). The fraction of sp³-hybridized carbons (Fsp3) is 0.700. The van der Waals surface area contributed by atoms with Crippen LogP contribution in [0.2, 0.25) is 0 Å². The van der Waals surface area contributed by atoms with Crippen LogP contribution >= 0.6 is 0 Å². The Hall–Kier alpha value is -1.86. The Labute approximate surface area is 160 Å². The first-order chi connectivity index (χ1) is 13.4. The van der Waals surface area contributed by atoms with Gasteiger partial charge in [-0.1, -0.05) is 0 Å². The van der Waals surface area contributed by atoms with Crippen LogP contribution in [0.25, 0.3) is 0 Å². The fourth-order valence-corrected chi connectivity index (χ4v) is 6.59. The molecule has 1 aliphatic heterocycles. The van der Waals surface area contributed by atoms with Gasteiger partial charge in [0, 0.05) is 26.2 Å². The minimum atomic E-state index is -1.65. The second kappa shape index (κ2) is 6.32. The summed E-state index contributed by atoms with van der Waals surface area (Å²) in [7, 11) is 0. The molecule has 4 bridgehead atoms. The predicted octanol–water partition coefficient (Wildman–Crippen LogP) is 3.50. The van der Waals surface area contributed by atoms with Crippen molar-refractivity contribution in [2.24, 2.45) is 23.2 Å². The highest BCUT2D eigenvalue weighted by Crippen LogP contribution is 2.60. The van der Waals surface area contributed by atoms with Gasteiger partial charge in [-0.15, -0.1) is 0 Å². The van der Waals surface area contributed by atoms with Crippen LogP contribution in [0.4, 0.5) is 23.2 Å². The number of amides is 1. The molecular weight excluding hydrogens is 374 g/mol. The van der Waals surface area contributed by atoms with E-state index >= 15 is 0 Å². The number of rotatable bonds is 2. The summed E-state index contributed by atoms with van der Waals surface area (Å²) in [5.74, 6) is -4.15. The lowest BCUT2D eigenvalue weighted by atomic mass is 9.49. The van der Waals surface area contributed by atoms with Crippen LogP contribution < -0.4 is 4.90 Å². The molecule has 1 aromatic rings. The van der Waals surface area contributed by atoms with Crippen LogP contribution in [-0.2, 0) is 4.79 Å². The number of halogens is 4. The number of nitrogens with zero attached hydrogens (tertiary/aromatic N) is 3. The molecule has 0 radical (unpaired) electrons. The van der Waals surface area contributed by atoms with Gasteiger partial charge in [-0.2, -0.15) is 22.5 Å². The Bertz CT molecular complexity index is 761. The quantitative estimate of drug-likeness (QED) is 0.566. The molecule has 152 valence electrons. The topological polar surface area (TPSA) is 36.4 Å².